The first-order valence-electron chi connectivity index (χ1n) is 6.86. The van der Waals surface area contributed by atoms with E-state index in [1.807, 2.05) is 44.4 Å². The Bertz CT molecular complexity index is 804. The van der Waals surface area contributed by atoms with Crippen LogP contribution >= 0.6 is 35.3 Å². The van der Waals surface area contributed by atoms with Crippen molar-refractivity contribution in [3.63, 3.8) is 0 Å². The highest BCUT2D eigenvalue weighted by Crippen LogP contribution is 2.38. The summed E-state index contributed by atoms with van der Waals surface area (Å²) in [5.74, 6) is -0.0326. The van der Waals surface area contributed by atoms with Crippen molar-refractivity contribution in [3.05, 3.63) is 56.1 Å². The monoisotopic (exact) mass is 345 g/mol. The fourth-order valence-corrected chi connectivity index (χ4v) is 4.58. The molecule has 0 unspecified atom stereocenters. The van der Waals surface area contributed by atoms with Gasteiger partial charge in [-0.05, 0) is 55.5 Å². The van der Waals surface area contributed by atoms with E-state index in [1.54, 1.807) is 16.2 Å². The molecule has 1 saturated heterocycles. The molecular formula is C17H15NOS3. The minimum atomic E-state index is -0.0326. The number of thioether (sulfide) groups is 1. The van der Waals surface area contributed by atoms with E-state index in [4.69, 9.17) is 12.2 Å². The van der Waals surface area contributed by atoms with Gasteiger partial charge in [-0.3, -0.25) is 9.69 Å². The summed E-state index contributed by atoms with van der Waals surface area (Å²) in [4.78, 5) is 16.2. The molecule has 2 nitrogen and oxygen atoms in total. The van der Waals surface area contributed by atoms with Gasteiger partial charge < -0.3 is 0 Å². The maximum absolute atomic E-state index is 12.7. The Labute approximate surface area is 143 Å². The van der Waals surface area contributed by atoms with Crippen LogP contribution < -0.4 is 4.90 Å². The van der Waals surface area contributed by atoms with Gasteiger partial charge in [0, 0.05) is 4.88 Å². The van der Waals surface area contributed by atoms with Crippen LogP contribution in [0.25, 0.3) is 6.08 Å². The molecule has 5 heteroatoms. The first-order chi connectivity index (χ1) is 10.5. The van der Waals surface area contributed by atoms with Crippen LogP contribution in [0, 0.1) is 20.8 Å². The standard InChI is InChI=1S/C17H15NOS3/c1-10-4-5-13(12(3)8-10)18-16(19)15(22-17(18)20)9-14-11(2)6-7-21-14/h4-9H,1-3H3/b15-9+. The largest absolute Gasteiger partial charge is 0.270 e. The van der Waals surface area contributed by atoms with Crippen molar-refractivity contribution >= 4 is 57.3 Å². The lowest BCUT2D eigenvalue weighted by Gasteiger charge is -2.17. The van der Waals surface area contributed by atoms with E-state index in [1.165, 1.54) is 22.9 Å². The quantitative estimate of drug-likeness (QED) is 0.559. The smallest absolute Gasteiger partial charge is 0.268 e. The molecule has 1 aliphatic rings. The van der Waals surface area contributed by atoms with Crippen molar-refractivity contribution in [3.8, 4) is 0 Å². The first kappa shape index (κ1) is 15.5. The number of nitrogens with zero attached hydrogens (tertiary/aromatic N) is 1. The predicted molar refractivity (Wildman–Crippen MR) is 101 cm³/mol. The highest BCUT2D eigenvalue weighted by molar-refractivity contribution is 8.27. The van der Waals surface area contributed by atoms with E-state index in [2.05, 4.69) is 12.1 Å². The van der Waals surface area contributed by atoms with Gasteiger partial charge in [-0.15, -0.1) is 11.3 Å². The number of benzene rings is 1. The molecular weight excluding hydrogens is 330 g/mol. The van der Waals surface area contributed by atoms with Crippen molar-refractivity contribution in [1.82, 2.24) is 0 Å². The summed E-state index contributed by atoms with van der Waals surface area (Å²) in [5.41, 5.74) is 4.29. The van der Waals surface area contributed by atoms with Crippen LogP contribution in [0.1, 0.15) is 21.6 Å². The van der Waals surface area contributed by atoms with Crippen molar-refractivity contribution in [1.29, 1.82) is 0 Å². The topological polar surface area (TPSA) is 20.3 Å². The van der Waals surface area contributed by atoms with Crippen LogP contribution in [0.15, 0.2) is 34.6 Å². The molecule has 0 radical (unpaired) electrons. The highest BCUT2D eigenvalue weighted by Gasteiger charge is 2.34. The van der Waals surface area contributed by atoms with Gasteiger partial charge in [-0.2, -0.15) is 0 Å². The second-order valence-electron chi connectivity index (χ2n) is 5.27. The molecule has 2 heterocycles. The molecule has 1 amide bonds. The fraction of sp³-hybridized carbons (Fsp3) is 0.176. The van der Waals surface area contributed by atoms with Gasteiger partial charge in [0.15, 0.2) is 4.32 Å². The molecule has 3 rings (SSSR count). The number of rotatable bonds is 2. The highest BCUT2D eigenvalue weighted by atomic mass is 32.2. The van der Waals surface area contributed by atoms with E-state index < -0.39 is 0 Å². The van der Waals surface area contributed by atoms with Crippen molar-refractivity contribution in [2.75, 3.05) is 4.90 Å². The summed E-state index contributed by atoms with van der Waals surface area (Å²) < 4.78 is 0.595. The number of thiophene rings is 1. The molecule has 1 aliphatic heterocycles. The maximum Gasteiger partial charge on any atom is 0.270 e. The molecule has 1 aromatic carbocycles. The van der Waals surface area contributed by atoms with Crippen molar-refractivity contribution in [2.24, 2.45) is 0 Å². The van der Waals surface area contributed by atoms with Gasteiger partial charge in [0.2, 0.25) is 0 Å². The normalized spacial score (nSPS) is 16.9. The predicted octanol–water partition coefficient (Wildman–Crippen LogP) is 5.08. The van der Waals surface area contributed by atoms with Gasteiger partial charge in [-0.25, -0.2) is 0 Å². The summed E-state index contributed by atoms with van der Waals surface area (Å²) >= 11 is 8.44. The number of aryl methyl sites for hydroxylation is 3. The molecule has 0 atom stereocenters. The lowest BCUT2D eigenvalue weighted by molar-refractivity contribution is -0.113. The second-order valence-corrected chi connectivity index (χ2v) is 7.90. The molecule has 112 valence electrons. The minimum absolute atomic E-state index is 0.0326. The zero-order valence-electron chi connectivity index (χ0n) is 12.5. The van der Waals surface area contributed by atoms with Gasteiger partial charge in [0.1, 0.15) is 0 Å². The summed E-state index contributed by atoms with van der Waals surface area (Å²) in [6.45, 7) is 6.10. The number of thiocarbonyl (C=S) groups is 1. The Morgan fingerprint density at radius 1 is 1.14 bits per heavy atom. The molecule has 0 saturated carbocycles. The third kappa shape index (κ3) is 2.76. The lowest BCUT2D eigenvalue weighted by Crippen LogP contribution is -2.28. The third-order valence-corrected chi connectivity index (χ3v) is 5.82. The number of carbonyl (C=O) groups is 1. The van der Waals surface area contributed by atoms with Gasteiger partial charge in [0.05, 0.1) is 10.6 Å². The van der Waals surface area contributed by atoms with Crippen LogP contribution in [0.4, 0.5) is 5.69 Å². The van der Waals surface area contributed by atoms with Gasteiger partial charge in [0.25, 0.3) is 5.91 Å². The summed E-state index contributed by atoms with van der Waals surface area (Å²) in [5, 5.41) is 2.03. The van der Waals surface area contributed by atoms with Gasteiger partial charge in [-0.1, -0.05) is 41.7 Å². The molecule has 0 N–H and O–H groups in total. The number of carbonyl (C=O) groups excluding carboxylic acids is 1. The van der Waals surface area contributed by atoms with E-state index in [-0.39, 0.29) is 5.91 Å². The molecule has 2 aromatic rings. The Kier molecular flexibility index (Phi) is 4.21. The van der Waals surface area contributed by atoms with Crippen molar-refractivity contribution in [2.45, 2.75) is 20.8 Å². The Balaban J connectivity index is 1.98. The Hall–Kier alpha value is -1.43. The average Bonchev–Trinajstić information content (AvgIpc) is 2.97. The van der Waals surface area contributed by atoms with Gasteiger partial charge >= 0.3 is 0 Å². The maximum atomic E-state index is 12.7. The summed E-state index contributed by atoms with van der Waals surface area (Å²) in [7, 11) is 0. The van der Waals surface area contributed by atoms with Crippen LogP contribution in [0.2, 0.25) is 0 Å². The Morgan fingerprint density at radius 3 is 2.55 bits per heavy atom. The van der Waals surface area contributed by atoms with Crippen LogP contribution in [-0.4, -0.2) is 10.2 Å². The fourth-order valence-electron chi connectivity index (χ4n) is 2.38. The zero-order valence-corrected chi connectivity index (χ0v) is 15.0. The molecule has 0 spiro atoms. The third-order valence-electron chi connectivity index (χ3n) is 3.55. The van der Waals surface area contributed by atoms with Crippen molar-refractivity contribution < 1.29 is 4.79 Å². The zero-order chi connectivity index (χ0) is 15.9. The average molecular weight is 346 g/mol. The first-order valence-corrected chi connectivity index (χ1v) is 8.97. The molecule has 1 fully saturated rings. The molecule has 22 heavy (non-hydrogen) atoms. The van der Waals surface area contributed by atoms with E-state index >= 15 is 0 Å². The SMILES string of the molecule is Cc1ccc(N2C(=O)/C(=C\c3sccc3C)SC2=S)c(C)c1. The number of hydrogen-bond donors (Lipinski definition) is 0. The number of anilines is 1. The molecule has 0 bridgehead atoms. The van der Waals surface area contributed by atoms with E-state index in [9.17, 15) is 4.79 Å². The molecule has 0 aliphatic carbocycles. The van der Waals surface area contributed by atoms with Crippen LogP contribution in [0.5, 0.6) is 0 Å². The van der Waals surface area contributed by atoms with E-state index in [0.29, 0.717) is 9.23 Å². The number of hydrogen-bond acceptors (Lipinski definition) is 4. The summed E-state index contributed by atoms with van der Waals surface area (Å²) in [6.07, 6.45) is 1.95. The van der Waals surface area contributed by atoms with Crippen LogP contribution in [0.3, 0.4) is 0 Å². The summed E-state index contributed by atoms with van der Waals surface area (Å²) in [6, 6.07) is 8.10. The Morgan fingerprint density at radius 2 is 1.91 bits per heavy atom. The lowest BCUT2D eigenvalue weighted by atomic mass is 10.1. The molecule has 1 aromatic heterocycles. The van der Waals surface area contributed by atoms with E-state index in [0.717, 1.165) is 16.1 Å². The number of amides is 1. The van der Waals surface area contributed by atoms with Crippen LogP contribution in [-0.2, 0) is 4.79 Å². The second kappa shape index (κ2) is 5.99. The minimum Gasteiger partial charge on any atom is -0.268 e.